The van der Waals surface area contributed by atoms with Crippen LogP contribution >= 0.6 is 12.2 Å². The first-order valence-corrected chi connectivity index (χ1v) is 4.53. The first-order valence-electron chi connectivity index (χ1n) is 4.12. The Morgan fingerprint density at radius 3 is 2.60 bits per heavy atom. The zero-order valence-corrected chi connectivity index (χ0v) is 8.45. The Kier molecular flexibility index (Phi) is 3.90. The Morgan fingerprint density at radius 1 is 1.47 bits per heavy atom. The molecule has 0 aliphatic carbocycles. The Morgan fingerprint density at radius 2 is 2.13 bits per heavy atom. The van der Waals surface area contributed by atoms with Crippen molar-refractivity contribution in [1.29, 1.82) is 0 Å². The number of halogens is 3. The molecule has 1 aromatic carbocycles. The monoisotopic (exact) mass is 234 g/mol. The van der Waals surface area contributed by atoms with Gasteiger partial charge in [0.15, 0.2) is 0 Å². The summed E-state index contributed by atoms with van der Waals surface area (Å²) in [4.78, 5) is 0.0642. The Hall–Kier alpha value is -1.30. The van der Waals surface area contributed by atoms with Gasteiger partial charge in [0.05, 0.1) is 12.2 Å². The molecule has 0 aromatic heterocycles. The average Bonchev–Trinajstić information content (AvgIpc) is 2.15. The van der Waals surface area contributed by atoms with Crippen molar-refractivity contribution in [1.82, 2.24) is 0 Å². The van der Waals surface area contributed by atoms with Crippen LogP contribution in [0.2, 0.25) is 0 Å². The smallest absolute Gasteiger partial charge is 0.255 e. The summed E-state index contributed by atoms with van der Waals surface area (Å²) in [6.07, 6.45) is -2.53. The number of hydrogen-bond donors (Lipinski definition) is 2. The van der Waals surface area contributed by atoms with E-state index in [-0.39, 0.29) is 10.7 Å². The highest BCUT2D eigenvalue weighted by Crippen LogP contribution is 2.16. The maximum Gasteiger partial charge on any atom is 0.255 e. The second-order valence-corrected chi connectivity index (χ2v) is 3.27. The van der Waals surface area contributed by atoms with Crippen LogP contribution < -0.4 is 11.1 Å². The van der Waals surface area contributed by atoms with Crippen LogP contribution in [0.15, 0.2) is 18.2 Å². The summed E-state index contributed by atoms with van der Waals surface area (Å²) in [7, 11) is 0. The minimum Gasteiger partial charge on any atom is -0.389 e. The lowest BCUT2D eigenvalue weighted by atomic mass is 10.2. The summed E-state index contributed by atoms with van der Waals surface area (Å²) in [6.45, 7) is -0.594. The second-order valence-electron chi connectivity index (χ2n) is 2.83. The van der Waals surface area contributed by atoms with Gasteiger partial charge in [-0.05, 0) is 18.2 Å². The number of nitrogens with two attached hydrogens (primary N) is 1. The minimum absolute atomic E-state index is 0.00954. The van der Waals surface area contributed by atoms with Gasteiger partial charge in [-0.2, -0.15) is 0 Å². The van der Waals surface area contributed by atoms with Crippen LogP contribution in [-0.4, -0.2) is 18.0 Å². The fourth-order valence-electron chi connectivity index (χ4n) is 0.999. The molecule has 0 bridgehead atoms. The van der Waals surface area contributed by atoms with Gasteiger partial charge in [-0.25, -0.2) is 13.2 Å². The standard InChI is InChI=1S/C9H9F3N2S/c10-6-3-5(9(13)15)1-2-7(6)14-4-8(11)12/h1-3,8,14H,4H2,(H2,13,15). The van der Waals surface area contributed by atoms with Crippen LogP contribution in [0.25, 0.3) is 0 Å². The molecule has 0 atom stereocenters. The topological polar surface area (TPSA) is 38.0 Å². The van der Waals surface area contributed by atoms with Crippen LogP contribution in [0.4, 0.5) is 18.9 Å². The van der Waals surface area contributed by atoms with E-state index in [1.165, 1.54) is 12.1 Å². The van der Waals surface area contributed by atoms with Crippen LogP contribution in [-0.2, 0) is 0 Å². The quantitative estimate of drug-likeness (QED) is 0.784. The normalized spacial score (nSPS) is 10.4. The second kappa shape index (κ2) is 4.97. The number of nitrogens with one attached hydrogen (secondary N) is 1. The van der Waals surface area contributed by atoms with E-state index in [2.05, 4.69) is 17.5 Å². The van der Waals surface area contributed by atoms with Crippen molar-refractivity contribution in [3.8, 4) is 0 Å². The molecule has 0 fully saturated rings. The third-order valence-electron chi connectivity index (χ3n) is 1.70. The molecule has 0 amide bonds. The van der Waals surface area contributed by atoms with E-state index in [9.17, 15) is 13.2 Å². The van der Waals surface area contributed by atoms with E-state index in [4.69, 9.17) is 5.73 Å². The molecular formula is C9H9F3N2S. The molecule has 0 aliphatic rings. The molecule has 15 heavy (non-hydrogen) atoms. The van der Waals surface area contributed by atoms with Crippen molar-refractivity contribution >= 4 is 22.9 Å². The van der Waals surface area contributed by atoms with E-state index >= 15 is 0 Å². The summed E-state index contributed by atoms with van der Waals surface area (Å²) in [5.41, 5.74) is 5.65. The molecule has 0 unspecified atom stereocenters. The van der Waals surface area contributed by atoms with Crippen molar-refractivity contribution in [3.05, 3.63) is 29.6 Å². The maximum absolute atomic E-state index is 13.2. The highest BCUT2D eigenvalue weighted by atomic mass is 32.1. The van der Waals surface area contributed by atoms with Crippen molar-refractivity contribution < 1.29 is 13.2 Å². The van der Waals surface area contributed by atoms with E-state index in [0.717, 1.165) is 6.07 Å². The van der Waals surface area contributed by atoms with Crippen LogP contribution in [0, 0.1) is 5.82 Å². The number of alkyl halides is 2. The number of rotatable bonds is 4. The van der Waals surface area contributed by atoms with Gasteiger partial charge in [-0.3, -0.25) is 0 Å². The van der Waals surface area contributed by atoms with Gasteiger partial charge in [-0.1, -0.05) is 12.2 Å². The molecule has 0 saturated heterocycles. The van der Waals surface area contributed by atoms with Crippen LogP contribution in [0.5, 0.6) is 0 Å². The lowest BCUT2D eigenvalue weighted by Gasteiger charge is -2.07. The first-order chi connectivity index (χ1) is 7.00. The number of benzene rings is 1. The van der Waals surface area contributed by atoms with E-state index < -0.39 is 18.8 Å². The fourth-order valence-corrected chi connectivity index (χ4v) is 1.13. The third kappa shape index (κ3) is 3.39. The highest BCUT2D eigenvalue weighted by Gasteiger charge is 2.07. The fraction of sp³-hybridized carbons (Fsp3) is 0.222. The maximum atomic E-state index is 13.2. The van der Waals surface area contributed by atoms with Crippen molar-refractivity contribution in [2.45, 2.75) is 6.43 Å². The van der Waals surface area contributed by atoms with Crippen molar-refractivity contribution in [2.24, 2.45) is 5.73 Å². The third-order valence-corrected chi connectivity index (χ3v) is 1.94. The Bertz CT molecular complexity index is 368. The molecule has 0 saturated carbocycles. The van der Waals surface area contributed by atoms with E-state index in [1.807, 2.05) is 0 Å². The summed E-state index contributed by atoms with van der Waals surface area (Å²) >= 11 is 4.64. The Labute approximate surface area is 90.3 Å². The van der Waals surface area contributed by atoms with Gasteiger partial charge >= 0.3 is 0 Å². The molecule has 0 spiro atoms. The summed E-state index contributed by atoms with van der Waals surface area (Å²) < 4.78 is 36.9. The number of anilines is 1. The molecule has 1 aromatic rings. The zero-order chi connectivity index (χ0) is 11.4. The van der Waals surface area contributed by atoms with Crippen molar-refractivity contribution in [3.63, 3.8) is 0 Å². The van der Waals surface area contributed by atoms with Gasteiger partial charge in [-0.15, -0.1) is 0 Å². The van der Waals surface area contributed by atoms with Gasteiger partial charge in [0.1, 0.15) is 10.8 Å². The highest BCUT2D eigenvalue weighted by molar-refractivity contribution is 7.80. The lowest BCUT2D eigenvalue weighted by Crippen LogP contribution is -2.13. The SMILES string of the molecule is NC(=S)c1ccc(NCC(F)F)c(F)c1. The molecule has 2 nitrogen and oxygen atoms in total. The molecule has 6 heteroatoms. The van der Waals surface area contributed by atoms with Gasteiger partial charge < -0.3 is 11.1 Å². The molecule has 1 rings (SSSR count). The van der Waals surface area contributed by atoms with Crippen LogP contribution in [0.1, 0.15) is 5.56 Å². The number of hydrogen-bond acceptors (Lipinski definition) is 2. The lowest BCUT2D eigenvalue weighted by molar-refractivity contribution is 0.163. The molecule has 0 radical (unpaired) electrons. The van der Waals surface area contributed by atoms with Gasteiger partial charge in [0.2, 0.25) is 0 Å². The van der Waals surface area contributed by atoms with Crippen LogP contribution in [0.3, 0.4) is 0 Å². The van der Waals surface area contributed by atoms with Gasteiger partial charge in [0.25, 0.3) is 6.43 Å². The first kappa shape index (κ1) is 11.8. The Balaban J connectivity index is 2.79. The average molecular weight is 234 g/mol. The molecule has 3 N–H and O–H groups in total. The predicted molar refractivity (Wildman–Crippen MR) is 56.8 cm³/mol. The molecule has 0 heterocycles. The molecule has 0 aliphatic heterocycles. The molecule has 82 valence electrons. The largest absolute Gasteiger partial charge is 0.389 e. The molecular weight excluding hydrogens is 225 g/mol. The summed E-state index contributed by atoms with van der Waals surface area (Å²) in [5, 5.41) is 2.27. The van der Waals surface area contributed by atoms with Gasteiger partial charge in [0, 0.05) is 5.56 Å². The van der Waals surface area contributed by atoms with Crippen molar-refractivity contribution in [2.75, 3.05) is 11.9 Å². The minimum atomic E-state index is -2.53. The van der Waals surface area contributed by atoms with E-state index in [1.54, 1.807) is 0 Å². The summed E-state index contributed by atoms with van der Waals surface area (Å²) in [5.74, 6) is -0.652. The summed E-state index contributed by atoms with van der Waals surface area (Å²) in [6, 6.07) is 3.90. The number of thiocarbonyl (C=S) groups is 1. The van der Waals surface area contributed by atoms with E-state index in [0.29, 0.717) is 5.56 Å². The predicted octanol–water partition coefficient (Wildman–Crippen LogP) is 2.14. The zero-order valence-electron chi connectivity index (χ0n) is 7.64.